The van der Waals surface area contributed by atoms with Crippen LogP contribution in [0.5, 0.6) is 0 Å². The second-order valence-corrected chi connectivity index (χ2v) is 10.8. The summed E-state index contributed by atoms with van der Waals surface area (Å²) < 4.78 is 0. The monoisotopic (exact) mass is 339 g/mol. The summed E-state index contributed by atoms with van der Waals surface area (Å²) in [6.07, 6.45) is 9.37. The summed E-state index contributed by atoms with van der Waals surface area (Å²) in [5.74, 6) is 0. The molecule has 138 valence electrons. The van der Waals surface area contributed by atoms with Crippen molar-refractivity contribution in [3.05, 3.63) is 40.0 Å². The minimum atomic E-state index is 0.216. The van der Waals surface area contributed by atoms with Crippen LogP contribution in [0, 0.1) is 16.2 Å². The summed E-state index contributed by atoms with van der Waals surface area (Å²) in [7, 11) is 0. The number of nitrogens with two attached hydrogens (primary N) is 1. The molecule has 0 bridgehead atoms. The standard InChI is InChI=1S/C24H37N/c1-8-24(7)13-18-10-17-12-22(3,4)11-16(2)9-19(17)21(25)20(18)14-23(5,6)15-24/h10-11H,8-9,12-15,25H2,1-7H3. The summed E-state index contributed by atoms with van der Waals surface area (Å²) in [5, 5.41) is 0. The molecule has 0 radical (unpaired) electrons. The van der Waals surface area contributed by atoms with Crippen LogP contribution in [-0.2, 0) is 25.7 Å². The van der Waals surface area contributed by atoms with Gasteiger partial charge >= 0.3 is 0 Å². The van der Waals surface area contributed by atoms with Gasteiger partial charge in [-0.25, -0.2) is 0 Å². The third-order valence-electron chi connectivity index (χ3n) is 6.54. The molecule has 1 aromatic rings. The molecule has 0 amide bonds. The van der Waals surface area contributed by atoms with Crippen molar-refractivity contribution in [1.29, 1.82) is 0 Å². The number of anilines is 1. The number of allylic oxidation sites excluding steroid dienone is 2. The molecule has 1 heteroatoms. The third-order valence-corrected chi connectivity index (χ3v) is 6.54. The Kier molecular flexibility index (Phi) is 4.37. The lowest BCUT2D eigenvalue weighted by atomic mass is 9.71. The highest BCUT2D eigenvalue weighted by Gasteiger charge is 2.37. The quantitative estimate of drug-likeness (QED) is 0.364. The molecule has 25 heavy (non-hydrogen) atoms. The second kappa shape index (κ2) is 5.89. The molecule has 0 saturated carbocycles. The summed E-state index contributed by atoms with van der Waals surface area (Å²) in [6.45, 7) is 16.6. The molecule has 2 aliphatic carbocycles. The first kappa shape index (κ1) is 18.5. The molecule has 2 aliphatic rings. The predicted octanol–water partition coefficient (Wildman–Crippen LogP) is 6.27. The van der Waals surface area contributed by atoms with Crippen molar-refractivity contribution in [2.75, 3.05) is 5.73 Å². The van der Waals surface area contributed by atoms with E-state index in [0.717, 1.165) is 24.9 Å². The molecule has 1 nitrogen and oxygen atoms in total. The van der Waals surface area contributed by atoms with E-state index >= 15 is 0 Å². The molecule has 0 aromatic heterocycles. The number of fused-ring (bicyclic) bond motifs is 2. The van der Waals surface area contributed by atoms with Gasteiger partial charge < -0.3 is 5.73 Å². The molecule has 1 atom stereocenters. The molecular weight excluding hydrogens is 302 g/mol. The van der Waals surface area contributed by atoms with Crippen LogP contribution in [0.25, 0.3) is 0 Å². The zero-order valence-corrected chi connectivity index (χ0v) is 17.5. The van der Waals surface area contributed by atoms with Crippen molar-refractivity contribution in [2.45, 2.75) is 87.0 Å². The van der Waals surface area contributed by atoms with Gasteiger partial charge in [0.15, 0.2) is 0 Å². The fourth-order valence-corrected chi connectivity index (χ4v) is 5.65. The minimum absolute atomic E-state index is 0.216. The number of rotatable bonds is 1. The van der Waals surface area contributed by atoms with E-state index in [1.165, 1.54) is 47.1 Å². The molecule has 0 saturated heterocycles. The Morgan fingerprint density at radius 2 is 1.60 bits per heavy atom. The van der Waals surface area contributed by atoms with Crippen molar-refractivity contribution in [3.63, 3.8) is 0 Å². The first-order valence-corrected chi connectivity index (χ1v) is 10.0. The average Bonchev–Trinajstić information content (AvgIpc) is 2.63. The zero-order chi connectivity index (χ0) is 18.6. The first-order valence-electron chi connectivity index (χ1n) is 10.0. The van der Waals surface area contributed by atoms with Gasteiger partial charge in [0.2, 0.25) is 0 Å². The lowest BCUT2D eigenvalue weighted by Gasteiger charge is -2.34. The summed E-state index contributed by atoms with van der Waals surface area (Å²) in [6, 6.07) is 2.53. The Hall–Kier alpha value is -1.24. The van der Waals surface area contributed by atoms with Crippen LogP contribution in [-0.4, -0.2) is 0 Å². The first-order chi connectivity index (χ1) is 11.4. The van der Waals surface area contributed by atoms with E-state index < -0.39 is 0 Å². The molecule has 3 rings (SSSR count). The van der Waals surface area contributed by atoms with Gasteiger partial charge in [-0.3, -0.25) is 0 Å². The van der Waals surface area contributed by atoms with Gasteiger partial charge in [-0.05, 0) is 77.5 Å². The smallest absolute Gasteiger partial charge is 0.0388 e. The van der Waals surface area contributed by atoms with Crippen molar-refractivity contribution < 1.29 is 0 Å². The normalized spacial score (nSPS) is 27.6. The van der Waals surface area contributed by atoms with E-state index in [9.17, 15) is 0 Å². The highest BCUT2D eigenvalue weighted by atomic mass is 14.6. The van der Waals surface area contributed by atoms with E-state index in [4.69, 9.17) is 5.73 Å². The van der Waals surface area contributed by atoms with Gasteiger partial charge in [0.05, 0.1) is 0 Å². The topological polar surface area (TPSA) is 26.0 Å². The van der Waals surface area contributed by atoms with Crippen molar-refractivity contribution >= 4 is 5.69 Å². The summed E-state index contributed by atoms with van der Waals surface area (Å²) in [4.78, 5) is 0. The Bertz CT molecular complexity index is 720. The lowest BCUT2D eigenvalue weighted by Crippen LogP contribution is -2.25. The van der Waals surface area contributed by atoms with Crippen LogP contribution < -0.4 is 5.73 Å². The Labute approximate surface area is 155 Å². The van der Waals surface area contributed by atoms with Crippen LogP contribution in [0.2, 0.25) is 0 Å². The highest BCUT2D eigenvalue weighted by Crippen LogP contribution is 2.48. The van der Waals surface area contributed by atoms with Gasteiger partial charge in [-0.1, -0.05) is 65.7 Å². The van der Waals surface area contributed by atoms with E-state index in [-0.39, 0.29) is 5.41 Å². The predicted molar refractivity (Wildman–Crippen MR) is 110 cm³/mol. The molecule has 0 aliphatic heterocycles. The van der Waals surface area contributed by atoms with E-state index in [0.29, 0.717) is 10.8 Å². The van der Waals surface area contributed by atoms with Gasteiger partial charge in [0, 0.05) is 5.69 Å². The average molecular weight is 340 g/mol. The molecule has 1 unspecified atom stereocenters. The van der Waals surface area contributed by atoms with Crippen LogP contribution in [0.15, 0.2) is 17.7 Å². The maximum absolute atomic E-state index is 6.84. The van der Waals surface area contributed by atoms with Gasteiger partial charge in [-0.15, -0.1) is 0 Å². The van der Waals surface area contributed by atoms with Crippen molar-refractivity contribution in [1.82, 2.24) is 0 Å². The number of benzene rings is 1. The van der Waals surface area contributed by atoms with E-state index in [1.807, 2.05) is 0 Å². The van der Waals surface area contributed by atoms with Gasteiger partial charge in [0.25, 0.3) is 0 Å². The molecular formula is C24H37N. The molecule has 0 fully saturated rings. The van der Waals surface area contributed by atoms with Crippen molar-refractivity contribution in [3.8, 4) is 0 Å². The zero-order valence-electron chi connectivity index (χ0n) is 17.5. The lowest BCUT2D eigenvalue weighted by molar-refractivity contribution is 0.178. The number of hydrogen-bond donors (Lipinski definition) is 1. The third kappa shape index (κ3) is 3.66. The Morgan fingerprint density at radius 3 is 2.24 bits per heavy atom. The van der Waals surface area contributed by atoms with Crippen LogP contribution in [0.4, 0.5) is 5.69 Å². The second-order valence-electron chi connectivity index (χ2n) is 10.8. The van der Waals surface area contributed by atoms with Gasteiger partial charge in [-0.2, -0.15) is 0 Å². The number of hydrogen-bond acceptors (Lipinski definition) is 1. The maximum Gasteiger partial charge on any atom is 0.0388 e. The maximum atomic E-state index is 6.84. The molecule has 2 N–H and O–H groups in total. The molecule has 1 aromatic carbocycles. The van der Waals surface area contributed by atoms with E-state index in [2.05, 4.69) is 60.6 Å². The fourth-order valence-electron chi connectivity index (χ4n) is 5.65. The SMILES string of the molecule is CCC1(C)Cc2cc3c(c(N)c2CC(C)(C)C1)CC(C)=CC(C)(C)C3. The Morgan fingerprint density at radius 1 is 0.960 bits per heavy atom. The molecule has 0 heterocycles. The highest BCUT2D eigenvalue weighted by molar-refractivity contribution is 5.63. The largest absolute Gasteiger partial charge is 0.398 e. The van der Waals surface area contributed by atoms with Crippen LogP contribution in [0.3, 0.4) is 0 Å². The van der Waals surface area contributed by atoms with Crippen LogP contribution >= 0.6 is 0 Å². The van der Waals surface area contributed by atoms with E-state index in [1.54, 1.807) is 0 Å². The minimum Gasteiger partial charge on any atom is -0.398 e. The molecule has 0 spiro atoms. The summed E-state index contributed by atoms with van der Waals surface area (Å²) >= 11 is 0. The van der Waals surface area contributed by atoms with Crippen molar-refractivity contribution in [2.24, 2.45) is 16.2 Å². The Balaban J connectivity index is 2.18. The summed E-state index contributed by atoms with van der Waals surface area (Å²) in [5.41, 5.74) is 16.2. The number of nitrogen functional groups attached to an aromatic ring is 1. The fraction of sp³-hybridized carbons (Fsp3) is 0.667. The van der Waals surface area contributed by atoms with Crippen LogP contribution in [0.1, 0.15) is 83.6 Å². The van der Waals surface area contributed by atoms with Gasteiger partial charge in [0.1, 0.15) is 0 Å².